The maximum Gasteiger partial charge on any atom is 0.0610 e. The minimum Gasteiger partial charge on any atom is -0.394 e. The second-order valence-electron chi connectivity index (χ2n) is 4.92. The lowest BCUT2D eigenvalue weighted by Crippen LogP contribution is -2.45. The fraction of sp³-hybridized carbons (Fsp3) is 0.571. The Kier molecular flexibility index (Phi) is 6.50. The third kappa shape index (κ3) is 5.19. The first kappa shape index (κ1) is 15.8. The zero-order valence-corrected chi connectivity index (χ0v) is 12.8. The quantitative estimate of drug-likeness (QED) is 0.807. The van der Waals surface area contributed by atoms with E-state index in [1.165, 1.54) is 5.56 Å². The molecule has 0 fully saturated rings. The van der Waals surface area contributed by atoms with Crippen LogP contribution in [0, 0.1) is 0 Å². The first-order chi connectivity index (χ1) is 8.49. The molecule has 0 aliphatic carbocycles. The maximum absolute atomic E-state index is 9.36. The van der Waals surface area contributed by atoms with Crippen LogP contribution in [-0.4, -0.2) is 29.5 Å². The van der Waals surface area contributed by atoms with Gasteiger partial charge in [-0.05, 0) is 38.1 Å². The normalized spacial score (nSPS) is 16.3. The lowest BCUT2D eigenvalue weighted by Gasteiger charge is -2.29. The number of aliphatic hydroxyl groups excluding tert-OH is 1. The number of likely N-dealkylation sites (N-methyl/N-ethyl adjacent to an activating group) is 1. The first-order valence-electron chi connectivity index (χ1n) is 6.15. The van der Waals surface area contributed by atoms with Gasteiger partial charge in [-0.25, -0.2) is 0 Å². The van der Waals surface area contributed by atoms with Gasteiger partial charge in [0, 0.05) is 21.6 Å². The van der Waals surface area contributed by atoms with E-state index in [4.69, 9.17) is 11.6 Å². The standard InChI is InChI=1S/C14H22ClNOS/c1-11(8-14(2,10-17)16-3)18-9-12-4-6-13(15)7-5-12/h4-7,11,16-17H,8-10H2,1-3H3. The van der Waals surface area contributed by atoms with Crippen molar-refractivity contribution in [2.45, 2.75) is 36.8 Å². The van der Waals surface area contributed by atoms with Crippen LogP contribution in [-0.2, 0) is 5.75 Å². The molecule has 0 saturated carbocycles. The summed E-state index contributed by atoms with van der Waals surface area (Å²) in [6, 6.07) is 7.97. The molecule has 0 amide bonds. The second kappa shape index (κ2) is 7.39. The van der Waals surface area contributed by atoms with Gasteiger partial charge in [-0.1, -0.05) is 30.7 Å². The van der Waals surface area contributed by atoms with Crippen molar-refractivity contribution in [2.24, 2.45) is 0 Å². The van der Waals surface area contributed by atoms with Crippen molar-refractivity contribution in [1.29, 1.82) is 0 Å². The van der Waals surface area contributed by atoms with E-state index in [1.54, 1.807) is 0 Å². The molecule has 1 aromatic carbocycles. The van der Waals surface area contributed by atoms with Crippen LogP contribution in [0.15, 0.2) is 24.3 Å². The number of hydrogen-bond acceptors (Lipinski definition) is 3. The predicted octanol–water partition coefficient (Wildman–Crippen LogP) is 3.32. The van der Waals surface area contributed by atoms with E-state index in [0.29, 0.717) is 5.25 Å². The number of nitrogens with one attached hydrogen (secondary N) is 1. The van der Waals surface area contributed by atoms with Gasteiger partial charge in [0.05, 0.1) is 6.61 Å². The molecule has 102 valence electrons. The van der Waals surface area contributed by atoms with E-state index in [9.17, 15) is 5.11 Å². The van der Waals surface area contributed by atoms with Crippen LogP contribution < -0.4 is 5.32 Å². The number of halogens is 1. The minimum absolute atomic E-state index is 0.162. The average molecular weight is 288 g/mol. The molecule has 18 heavy (non-hydrogen) atoms. The van der Waals surface area contributed by atoms with E-state index >= 15 is 0 Å². The van der Waals surface area contributed by atoms with Crippen molar-refractivity contribution in [3.8, 4) is 0 Å². The molecule has 0 aliphatic heterocycles. The van der Waals surface area contributed by atoms with Crippen molar-refractivity contribution in [3.05, 3.63) is 34.9 Å². The lowest BCUT2D eigenvalue weighted by atomic mass is 9.97. The fourth-order valence-corrected chi connectivity index (χ4v) is 3.04. The van der Waals surface area contributed by atoms with Gasteiger partial charge < -0.3 is 10.4 Å². The van der Waals surface area contributed by atoms with Gasteiger partial charge in [-0.2, -0.15) is 11.8 Å². The fourth-order valence-electron chi connectivity index (χ4n) is 1.76. The topological polar surface area (TPSA) is 32.3 Å². The highest BCUT2D eigenvalue weighted by atomic mass is 35.5. The van der Waals surface area contributed by atoms with E-state index in [2.05, 4.69) is 24.4 Å². The summed E-state index contributed by atoms with van der Waals surface area (Å²) in [5.41, 5.74) is 1.10. The molecule has 2 atom stereocenters. The van der Waals surface area contributed by atoms with Crippen molar-refractivity contribution >= 4 is 23.4 Å². The first-order valence-corrected chi connectivity index (χ1v) is 7.57. The number of hydrogen-bond donors (Lipinski definition) is 2. The molecule has 0 heterocycles. The van der Waals surface area contributed by atoms with Crippen LogP contribution in [0.3, 0.4) is 0 Å². The van der Waals surface area contributed by atoms with E-state index in [1.807, 2.05) is 37.9 Å². The molecule has 2 unspecified atom stereocenters. The molecular formula is C14H22ClNOS. The Balaban J connectivity index is 2.41. The van der Waals surface area contributed by atoms with Gasteiger partial charge in [-0.15, -0.1) is 0 Å². The van der Waals surface area contributed by atoms with E-state index < -0.39 is 0 Å². The van der Waals surface area contributed by atoms with Crippen LogP contribution in [0.25, 0.3) is 0 Å². The zero-order valence-electron chi connectivity index (χ0n) is 11.2. The monoisotopic (exact) mass is 287 g/mol. The maximum atomic E-state index is 9.36. The summed E-state index contributed by atoms with van der Waals surface area (Å²) in [4.78, 5) is 0. The van der Waals surface area contributed by atoms with E-state index in [0.717, 1.165) is 17.2 Å². The summed E-state index contributed by atoms with van der Waals surface area (Å²) in [5, 5.41) is 13.8. The van der Waals surface area contributed by atoms with Gasteiger partial charge in [0.2, 0.25) is 0 Å². The predicted molar refractivity (Wildman–Crippen MR) is 81.4 cm³/mol. The van der Waals surface area contributed by atoms with Crippen LogP contribution in [0.5, 0.6) is 0 Å². The molecule has 2 N–H and O–H groups in total. The summed E-state index contributed by atoms with van der Waals surface area (Å²) in [7, 11) is 1.90. The van der Waals surface area contributed by atoms with Crippen molar-refractivity contribution < 1.29 is 5.11 Å². The SMILES string of the molecule is CNC(C)(CO)CC(C)SCc1ccc(Cl)cc1. The molecule has 0 bridgehead atoms. The van der Waals surface area contributed by atoms with Crippen LogP contribution in [0.4, 0.5) is 0 Å². The zero-order chi connectivity index (χ0) is 13.6. The van der Waals surface area contributed by atoms with Crippen molar-refractivity contribution in [2.75, 3.05) is 13.7 Å². The minimum atomic E-state index is -0.188. The Hall–Kier alpha value is -0.220. The van der Waals surface area contributed by atoms with Crippen LogP contribution in [0.2, 0.25) is 5.02 Å². The van der Waals surface area contributed by atoms with Crippen molar-refractivity contribution in [1.82, 2.24) is 5.32 Å². The van der Waals surface area contributed by atoms with Gasteiger partial charge in [0.1, 0.15) is 0 Å². The molecule has 0 spiro atoms. The highest BCUT2D eigenvalue weighted by molar-refractivity contribution is 7.99. The van der Waals surface area contributed by atoms with Crippen LogP contribution in [0.1, 0.15) is 25.8 Å². The summed E-state index contributed by atoms with van der Waals surface area (Å²) in [6.07, 6.45) is 0.943. The summed E-state index contributed by atoms with van der Waals surface area (Å²) >= 11 is 7.76. The molecule has 0 aromatic heterocycles. The molecule has 2 nitrogen and oxygen atoms in total. The Morgan fingerprint density at radius 2 is 2.00 bits per heavy atom. The third-order valence-corrected chi connectivity index (χ3v) is 4.63. The number of benzene rings is 1. The largest absolute Gasteiger partial charge is 0.394 e. The highest BCUT2D eigenvalue weighted by Crippen LogP contribution is 2.25. The molecule has 1 rings (SSSR count). The van der Waals surface area contributed by atoms with Gasteiger partial charge in [-0.3, -0.25) is 0 Å². The Labute approximate surface area is 119 Å². The summed E-state index contributed by atoms with van der Waals surface area (Å²) < 4.78 is 0. The molecular weight excluding hydrogens is 266 g/mol. The number of thioether (sulfide) groups is 1. The summed E-state index contributed by atoms with van der Waals surface area (Å²) in [5.74, 6) is 0.976. The summed E-state index contributed by atoms with van der Waals surface area (Å²) in [6.45, 7) is 4.41. The number of rotatable bonds is 7. The Morgan fingerprint density at radius 1 is 1.39 bits per heavy atom. The Morgan fingerprint density at radius 3 is 2.50 bits per heavy atom. The Bertz CT molecular complexity index is 351. The highest BCUT2D eigenvalue weighted by Gasteiger charge is 2.23. The molecule has 4 heteroatoms. The molecule has 0 radical (unpaired) electrons. The molecule has 0 saturated heterocycles. The smallest absolute Gasteiger partial charge is 0.0610 e. The number of aliphatic hydroxyl groups is 1. The van der Waals surface area contributed by atoms with Gasteiger partial charge in [0.15, 0.2) is 0 Å². The van der Waals surface area contributed by atoms with Gasteiger partial charge >= 0.3 is 0 Å². The lowest BCUT2D eigenvalue weighted by molar-refractivity contribution is 0.174. The van der Waals surface area contributed by atoms with Gasteiger partial charge in [0.25, 0.3) is 0 Å². The molecule has 1 aromatic rings. The molecule has 0 aliphatic rings. The van der Waals surface area contributed by atoms with Crippen LogP contribution >= 0.6 is 23.4 Å². The second-order valence-corrected chi connectivity index (χ2v) is 6.78. The van der Waals surface area contributed by atoms with E-state index in [-0.39, 0.29) is 12.1 Å². The van der Waals surface area contributed by atoms with Crippen molar-refractivity contribution in [3.63, 3.8) is 0 Å². The third-order valence-electron chi connectivity index (χ3n) is 3.14. The average Bonchev–Trinajstić information content (AvgIpc) is 2.38.